The Morgan fingerprint density at radius 3 is 2.81 bits per heavy atom. The van der Waals surface area contributed by atoms with Gasteiger partial charge in [-0.3, -0.25) is 0 Å². The normalized spacial score (nSPS) is 20.0. The summed E-state index contributed by atoms with van der Waals surface area (Å²) < 4.78 is 34.6. The van der Waals surface area contributed by atoms with Crippen LogP contribution in [0.4, 0.5) is 0 Å². The molecule has 0 aromatic heterocycles. The maximum atomic E-state index is 11.9. The average molecular weight is 415 g/mol. The van der Waals surface area contributed by atoms with Crippen LogP contribution in [0.2, 0.25) is 0 Å². The lowest BCUT2D eigenvalue weighted by atomic mass is 10.2. The molecule has 2 N–H and O–H groups in total. The highest BCUT2D eigenvalue weighted by Gasteiger charge is 2.33. The molecular weight excluding hydrogens is 386 g/mol. The van der Waals surface area contributed by atoms with Crippen LogP contribution in [0.5, 0.6) is 11.5 Å². The summed E-state index contributed by atoms with van der Waals surface area (Å²) in [6.07, 6.45) is 1.60. The van der Waals surface area contributed by atoms with Gasteiger partial charge in [0, 0.05) is 25.6 Å². The number of hydrogen-bond acceptors (Lipinski definition) is 5. The van der Waals surface area contributed by atoms with Gasteiger partial charge < -0.3 is 24.6 Å². The molecule has 1 saturated heterocycles. The first-order chi connectivity index (χ1) is 12.8. The smallest absolute Gasteiger partial charge is 0.231 e. The molecule has 2 aliphatic heterocycles. The van der Waals surface area contributed by atoms with Gasteiger partial charge in [0.1, 0.15) is 0 Å². The first-order valence-corrected chi connectivity index (χ1v) is 11.5. The number of rotatable bonds is 7. The van der Waals surface area contributed by atoms with Crippen LogP contribution < -0.4 is 19.7 Å². The van der Waals surface area contributed by atoms with Crippen LogP contribution in [0.3, 0.4) is 0 Å². The molecule has 2 aliphatic rings. The lowest BCUT2D eigenvalue weighted by Gasteiger charge is -2.31. The van der Waals surface area contributed by atoms with Crippen LogP contribution in [0, 0.1) is 0 Å². The number of benzene rings is 1. The van der Waals surface area contributed by atoms with Gasteiger partial charge in [-0.15, -0.1) is 0 Å². The van der Waals surface area contributed by atoms with Crippen LogP contribution in [-0.2, 0) is 16.4 Å². The topological polar surface area (TPSA) is 72.3 Å². The molecule has 7 nitrogen and oxygen atoms in total. The predicted octanol–water partition coefficient (Wildman–Crippen LogP) is -0.186. The number of quaternary nitrogens is 1. The Hall–Kier alpha value is -1.58. The highest BCUT2D eigenvalue weighted by Crippen LogP contribution is 2.32. The van der Waals surface area contributed by atoms with E-state index in [0.29, 0.717) is 18.1 Å². The van der Waals surface area contributed by atoms with Crippen molar-refractivity contribution in [2.45, 2.75) is 25.4 Å². The van der Waals surface area contributed by atoms with E-state index < -0.39 is 9.84 Å². The molecule has 27 heavy (non-hydrogen) atoms. The first-order valence-electron chi connectivity index (χ1n) is 9.26. The molecule has 0 bridgehead atoms. The Labute approximate surface area is 166 Å². The van der Waals surface area contributed by atoms with Crippen molar-refractivity contribution in [3.63, 3.8) is 0 Å². The maximum absolute atomic E-state index is 11.9. The number of nitrogens with one attached hydrogen (secondary N) is 2. The third-order valence-electron chi connectivity index (χ3n) is 4.87. The van der Waals surface area contributed by atoms with Gasteiger partial charge >= 0.3 is 0 Å². The van der Waals surface area contributed by atoms with Gasteiger partial charge in [0.2, 0.25) is 6.79 Å². The van der Waals surface area contributed by atoms with Gasteiger partial charge in [0.25, 0.3) is 0 Å². The average Bonchev–Trinajstić information content (AvgIpc) is 3.21. The van der Waals surface area contributed by atoms with Crippen LogP contribution in [0.15, 0.2) is 18.2 Å². The summed E-state index contributed by atoms with van der Waals surface area (Å²) in [4.78, 5) is 3.43. The maximum Gasteiger partial charge on any atom is 0.231 e. The van der Waals surface area contributed by atoms with E-state index in [9.17, 15) is 8.42 Å². The number of hydrogen-bond donors (Lipinski definition) is 2. The molecule has 1 fully saturated rings. The Balaban J connectivity index is 1.61. The van der Waals surface area contributed by atoms with Crippen LogP contribution >= 0.6 is 12.2 Å². The van der Waals surface area contributed by atoms with Gasteiger partial charge in [0.15, 0.2) is 26.4 Å². The summed E-state index contributed by atoms with van der Waals surface area (Å²) >= 11 is 5.62. The van der Waals surface area contributed by atoms with E-state index in [2.05, 4.69) is 24.3 Å². The van der Waals surface area contributed by atoms with Crippen LogP contribution in [-0.4, -0.2) is 70.0 Å². The van der Waals surface area contributed by atoms with Gasteiger partial charge in [0.05, 0.1) is 32.1 Å². The molecule has 0 saturated carbocycles. The molecule has 9 heteroatoms. The molecule has 150 valence electrons. The summed E-state index contributed by atoms with van der Waals surface area (Å²) in [7, 11) is 1.27. The minimum Gasteiger partial charge on any atom is -0.454 e. The van der Waals surface area contributed by atoms with Gasteiger partial charge in [-0.2, -0.15) is 0 Å². The lowest BCUT2D eigenvalue weighted by Crippen LogP contribution is -3.05. The minimum absolute atomic E-state index is 0.0380. The Bertz CT molecular complexity index is 783. The molecule has 1 aromatic rings. The largest absolute Gasteiger partial charge is 0.454 e. The van der Waals surface area contributed by atoms with Crippen molar-refractivity contribution in [1.82, 2.24) is 10.2 Å². The second kappa shape index (κ2) is 8.62. The monoisotopic (exact) mass is 414 g/mol. The summed E-state index contributed by atoms with van der Waals surface area (Å²) in [6, 6.07) is 5.77. The highest BCUT2D eigenvalue weighted by atomic mass is 32.2. The summed E-state index contributed by atoms with van der Waals surface area (Å²) in [5.74, 6) is 1.93. The fourth-order valence-electron chi connectivity index (χ4n) is 3.40. The standard InChI is InChI=1S/C18H27N3O4S2/c1-20(2)7-3-8-21(15-6-9-27(22,23)12-15)18(26)19-11-14-4-5-16-17(10-14)25-13-24-16/h4-5,10,15H,3,6-9,11-13H2,1-2H3,(H,19,26)/p+1/t15-/m1/s1. The molecule has 0 spiro atoms. The Morgan fingerprint density at radius 2 is 2.11 bits per heavy atom. The number of sulfone groups is 1. The molecule has 1 atom stereocenters. The second-order valence-electron chi connectivity index (χ2n) is 7.41. The van der Waals surface area contributed by atoms with Crippen LogP contribution in [0.1, 0.15) is 18.4 Å². The molecule has 1 aromatic carbocycles. The predicted molar refractivity (Wildman–Crippen MR) is 108 cm³/mol. The molecule has 2 heterocycles. The van der Waals surface area contributed by atoms with Crippen molar-refractivity contribution in [3.8, 4) is 11.5 Å². The van der Waals surface area contributed by atoms with E-state index in [4.69, 9.17) is 21.7 Å². The zero-order chi connectivity index (χ0) is 19.4. The summed E-state index contributed by atoms with van der Waals surface area (Å²) in [5, 5.41) is 3.91. The highest BCUT2D eigenvalue weighted by molar-refractivity contribution is 7.91. The van der Waals surface area contributed by atoms with Crippen molar-refractivity contribution in [3.05, 3.63) is 23.8 Å². The summed E-state index contributed by atoms with van der Waals surface area (Å²) in [5.41, 5.74) is 1.04. The third-order valence-corrected chi connectivity index (χ3v) is 7.00. The van der Waals surface area contributed by atoms with Crippen molar-refractivity contribution >= 4 is 27.2 Å². The zero-order valence-electron chi connectivity index (χ0n) is 15.9. The molecule has 0 unspecified atom stereocenters. The Morgan fingerprint density at radius 1 is 1.33 bits per heavy atom. The SMILES string of the molecule is C[NH+](C)CCCN(C(=S)NCc1ccc2c(c1)OCO2)[C@@H]1CCS(=O)(=O)C1. The molecule has 0 radical (unpaired) electrons. The summed E-state index contributed by atoms with van der Waals surface area (Å²) in [6.45, 7) is 2.59. The van der Waals surface area contributed by atoms with Gasteiger partial charge in [-0.1, -0.05) is 6.07 Å². The zero-order valence-corrected chi connectivity index (χ0v) is 17.5. The Kier molecular flexibility index (Phi) is 6.44. The minimum atomic E-state index is -2.95. The number of ether oxygens (including phenoxy) is 2. The van der Waals surface area contributed by atoms with Crippen molar-refractivity contribution in [2.24, 2.45) is 0 Å². The van der Waals surface area contributed by atoms with E-state index in [1.807, 2.05) is 18.2 Å². The fourth-order valence-corrected chi connectivity index (χ4v) is 5.45. The fraction of sp³-hybridized carbons (Fsp3) is 0.611. The third kappa shape index (κ3) is 5.46. The number of nitrogens with zero attached hydrogens (tertiary/aromatic N) is 1. The van der Waals surface area contributed by atoms with Crippen LogP contribution in [0.25, 0.3) is 0 Å². The van der Waals surface area contributed by atoms with E-state index in [0.717, 1.165) is 36.6 Å². The van der Waals surface area contributed by atoms with Crippen molar-refractivity contribution in [1.29, 1.82) is 0 Å². The lowest BCUT2D eigenvalue weighted by molar-refractivity contribution is -0.858. The van der Waals surface area contributed by atoms with E-state index >= 15 is 0 Å². The molecular formula is C18H28N3O4S2+. The first kappa shape index (κ1) is 20.2. The quantitative estimate of drug-likeness (QED) is 0.600. The van der Waals surface area contributed by atoms with E-state index in [1.165, 1.54) is 4.90 Å². The molecule has 3 rings (SSSR count). The van der Waals surface area contributed by atoms with E-state index in [-0.39, 0.29) is 24.3 Å². The van der Waals surface area contributed by atoms with Crippen molar-refractivity contribution in [2.75, 3.05) is 45.5 Å². The van der Waals surface area contributed by atoms with Gasteiger partial charge in [-0.05, 0) is 36.3 Å². The van der Waals surface area contributed by atoms with Crippen molar-refractivity contribution < 1.29 is 22.8 Å². The molecule has 0 aliphatic carbocycles. The number of thiocarbonyl (C=S) groups is 1. The molecule has 0 amide bonds. The van der Waals surface area contributed by atoms with E-state index in [1.54, 1.807) is 0 Å². The second-order valence-corrected chi connectivity index (χ2v) is 10.0. The van der Waals surface area contributed by atoms with Gasteiger partial charge in [-0.25, -0.2) is 8.42 Å². The number of fused-ring (bicyclic) bond motifs is 1.